The highest BCUT2D eigenvalue weighted by molar-refractivity contribution is 6.29. The Balaban J connectivity index is 2.18. The van der Waals surface area contributed by atoms with Crippen LogP contribution in [0.3, 0.4) is 0 Å². The van der Waals surface area contributed by atoms with E-state index in [1.165, 1.54) is 0 Å². The van der Waals surface area contributed by atoms with Crippen molar-refractivity contribution in [1.82, 2.24) is 5.32 Å². The van der Waals surface area contributed by atoms with Gasteiger partial charge in [-0.1, -0.05) is 18.2 Å². The van der Waals surface area contributed by atoms with Crippen LogP contribution in [0, 0.1) is 0 Å². The zero-order valence-corrected chi connectivity index (χ0v) is 6.87. The Labute approximate surface area is 66.2 Å². The maximum atomic E-state index is 5.53. The van der Waals surface area contributed by atoms with Crippen molar-refractivity contribution in [1.29, 1.82) is 0 Å². The lowest BCUT2D eigenvalue weighted by molar-refractivity contribution is -0.0545. The van der Waals surface area contributed by atoms with Crippen LogP contribution in [-0.4, -0.2) is 25.3 Å². The first-order valence-electron chi connectivity index (χ1n) is 3.30. The highest BCUT2D eigenvalue weighted by Crippen LogP contribution is 2.16. The van der Waals surface area contributed by atoms with Crippen molar-refractivity contribution in [3.8, 4) is 0 Å². The quantitative estimate of drug-likeness (QED) is 0.670. The van der Waals surface area contributed by atoms with Crippen molar-refractivity contribution in [3.05, 3.63) is 11.6 Å². The lowest BCUT2D eigenvalue weighted by Crippen LogP contribution is -2.59. The van der Waals surface area contributed by atoms with Gasteiger partial charge < -0.3 is 10.1 Å². The SMILES string of the molecule is C=C(Cl)COC1(C)CNC1. The van der Waals surface area contributed by atoms with Gasteiger partial charge in [0.15, 0.2) is 0 Å². The highest BCUT2D eigenvalue weighted by atomic mass is 35.5. The summed E-state index contributed by atoms with van der Waals surface area (Å²) >= 11 is 5.53. The lowest BCUT2D eigenvalue weighted by atomic mass is 10.0. The average Bonchev–Trinajstić information content (AvgIpc) is 1.79. The van der Waals surface area contributed by atoms with Crippen LogP contribution in [0.4, 0.5) is 0 Å². The van der Waals surface area contributed by atoms with E-state index < -0.39 is 0 Å². The smallest absolute Gasteiger partial charge is 0.0906 e. The number of ether oxygens (including phenoxy) is 1. The fourth-order valence-electron chi connectivity index (χ4n) is 0.832. The second-order valence-electron chi connectivity index (χ2n) is 2.86. The molecule has 1 aliphatic heterocycles. The molecule has 0 aromatic heterocycles. The zero-order valence-electron chi connectivity index (χ0n) is 6.11. The van der Waals surface area contributed by atoms with E-state index in [9.17, 15) is 0 Å². The van der Waals surface area contributed by atoms with E-state index in [4.69, 9.17) is 16.3 Å². The van der Waals surface area contributed by atoms with Gasteiger partial charge in [0, 0.05) is 18.1 Å². The van der Waals surface area contributed by atoms with Crippen molar-refractivity contribution in [2.45, 2.75) is 12.5 Å². The minimum absolute atomic E-state index is 0.00215. The zero-order chi connectivity index (χ0) is 7.61. The Bertz CT molecular complexity index is 143. The molecule has 0 aliphatic carbocycles. The van der Waals surface area contributed by atoms with Gasteiger partial charge in [-0.2, -0.15) is 0 Å². The molecular formula is C7H12ClNO. The average molecular weight is 162 g/mol. The Kier molecular flexibility index (Phi) is 2.34. The number of halogens is 1. The van der Waals surface area contributed by atoms with Crippen LogP contribution in [0.2, 0.25) is 0 Å². The molecule has 0 saturated carbocycles. The normalized spacial score (nSPS) is 21.8. The fraction of sp³-hybridized carbons (Fsp3) is 0.714. The van der Waals surface area contributed by atoms with Gasteiger partial charge in [-0.15, -0.1) is 0 Å². The van der Waals surface area contributed by atoms with E-state index in [1.54, 1.807) is 0 Å². The minimum Gasteiger partial charge on any atom is -0.367 e. The van der Waals surface area contributed by atoms with E-state index in [1.807, 2.05) is 0 Å². The number of hydrogen-bond acceptors (Lipinski definition) is 2. The number of hydrogen-bond donors (Lipinski definition) is 1. The van der Waals surface area contributed by atoms with Gasteiger partial charge in [-0.3, -0.25) is 0 Å². The van der Waals surface area contributed by atoms with Gasteiger partial charge in [0.25, 0.3) is 0 Å². The fourth-order valence-corrected chi connectivity index (χ4v) is 0.886. The van der Waals surface area contributed by atoms with E-state index in [-0.39, 0.29) is 5.60 Å². The van der Waals surface area contributed by atoms with Crippen molar-refractivity contribution >= 4 is 11.6 Å². The predicted molar refractivity (Wildman–Crippen MR) is 42.2 cm³/mol. The second-order valence-corrected chi connectivity index (χ2v) is 3.39. The van der Waals surface area contributed by atoms with Crippen LogP contribution in [0.15, 0.2) is 11.6 Å². The number of rotatable bonds is 3. The first-order valence-corrected chi connectivity index (χ1v) is 3.68. The predicted octanol–water partition coefficient (Wildman–Crippen LogP) is 1.12. The van der Waals surface area contributed by atoms with Crippen LogP contribution >= 0.6 is 11.6 Å². The summed E-state index contributed by atoms with van der Waals surface area (Å²) in [4.78, 5) is 0. The molecule has 1 heterocycles. The molecule has 0 aromatic rings. The van der Waals surface area contributed by atoms with Crippen LogP contribution < -0.4 is 5.32 Å². The summed E-state index contributed by atoms with van der Waals surface area (Å²) in [5.74, 6) is 0. The van der Waals surface area contributed by atoms with Gasteiger partial charge in [-0.05, 0) is 6.92 Å². The van der Waals surface area contributed by atoms with Crippen molar-refractivity contribution in [3.63, 3.8) is 0 Å². The molecule has 0 radical (unpaired) electrons. The van der Waals surface area contributed by atoms with Gasteiger partial charge >= 0.3 is 0 Å². The largest absolute Gasteiger partial charge is 0.367 e. The van der Waals surface area contributed by atoms with Crippen molar-refractivity contribution < 1.29 is 4.74 Å². The van der Waals surface area contributed by atoms with Crippen molar-refractivity contribution in [2.75, 3.05) is 19.7 Å². The molecular weight excluding hydrogens is 150 g/mol. The molecule has 1 saturated heterocycles. The molecule has 0 bridgehead atoms. The Hall–Kier alpha value is -0.0500. The van der Waals surface area contributed by atoms with Crippen LogP contribution in [0.1, 0.15) is 6.92 Å². The summed E-state index contributed by atoms with van der Waals surface area (Å²) in [5.41, 5.74) is -0.00215. The van der Waals surface area contributed by atoms with E-state index in [0.717, 1.165) is 13.1 Å². The summed E-state index contributed by atoms with van der Waals surface area (Å²) in [6.45, 7) is 7.88. The molecule has 0 amide bonds. The maximum absolute atomic E-state index is 5.53. The third kappa shape index (κ3) is 1.97. The van der Waals surface area contributed by atoms with Gasteiger partial charge in [0.1, 0.15) is 0 Å². The Morgan fingerprint density at radius 1 is 1.80 bits per heavy atom. The Morgan fingerprint density at radius 3 is 2.70 bits per heavy atom. The summed E-state index contributed by atoms with van der Waals surface area (Å²) in [5, 5.41) is 3.69. The Morgan fingerprint density at radius 2 is 2.40 bits per heavy atom. The standard InChI is InChI=1S/C7H12ClNO/c1-6(8)3-10-7(2)4-9-5-7/h9H,1,3-5H2,2H3. The molecule has 1 N–H and O–H groups in total. The second kappa shape index (κ2) is 2.91. The van der Waals surface area contributed by atoms with Gasteiger partial charge in [0.2, 0.25) is 0 Å². The van der Waals surface area contributed by atoms with Crippen LogP contribution in [-0.2, 0) is 4.74 Å². The molecule has 0 atom stereocenters. The third-order valence-electron chi connectivity index (χ3n) is 1.58. The lowest BCUT2D eigenvalue weighted by Gasteiger charge is -2.38. The highest BCUT2D eigenvalue weighted by Gasteiger charge is 2.32. The van der Waals surface area contributed by atoms with E-state index in [2.05, 4.69) is 18.8 Å². The first-order chi connectivity index (χ1) is 4.62. The monoisotopic (exact) mass is 161 g/mol. The molecule has 58 valence electrons. The molecule has 0 aromatic carbocycles. The third-order valence-corrected chi connectivity index (χ3v) is 1.68. The molecule has 0 unspecified atom stereocenters. The maximum Gasteiger partial charge on any atom is 0.0906 e. The molecule has 1 fully saturated rings. The van der Waals surface area contributed by atoms with Gasteiger partial charge in [-0.25, -0.2) is 0 Å². The van der Waals surface area contributed by atoms with E-state index in [0.29, 0.717) is 11.6 Å². The van der Waals surface area contributed by atoms with E-state index >= 15 is 0 Å². The summed E-state index contributed by atoms with van der Waals surface area (Å²) in [6, 6.07) is 0. The summed E-state index contributed by atoms with van der Waals surface area (Å²) in [7, 11) is 0. The topological polar surface area (TPSA) is 21.3 Å². The first kappa shape index (κ1) is 8.05. The van der Waals surface area contributed by atoms with Crippen LogP contribution in [0.25, 0.3) is 0 Å². The molecule has 3 heteroatoms. The summed E-state index contributed by atoms with van der Waals surface area (Å²) in [6.07, 6.45) is 0. The molecule has 2 nitrogen and oxygen atoms in total. The molecule has 1 rings (SSSR count). The summed E-state index contributed by atoms with van der Waals surface area (Å²) < 4.78 is 5.43. The van der Waals surface area contributed by atoms with Crippen molar-refractivity contribution in [2.24, 2.45) is 0 Å². The molecule has 0 spiro atoms. The van der Waals surface area contributed by atoms with Crippen LogP contribution in [0.5, 0.6) is 0 Å². The van der Waals surface area contributed by atoms with Gasteiger partial charge in [0.05, 0.1) is 12.2 Å². The molecule has 10 heavy (non-hydrogen) atoms. The minimum atomic E-state index is -0.00215. The molecule has 1 aliphatic rings. The number of nitrogens with one attached hydrogen (secondary N) is 1.